The zero-order chi connectivity index (χ0) is 12.0. The minimum atomic E-state index is -0.452. The van der Waals surface area contributed by atoms with E-state index < -0.39 is 6.04 Å². The fourth-order valence-corrected chi connectivity index (χ4v) is 1.61. The number of halogens is 1. The quantitative estimate of drug-likeness (QED) is 0.816. The summed E-state index contributed by atoms with van der Waals surface area (Å²) in [6.45, 7) is 2.07. The summed E-state index contributed by atoms with van der Waals surface area (Å²) < 4.78 is 0.617. The molecule has 0 unspecified atom stereocenters. The van der Waals surface area contributed by atoms with Crippen LogP contribution in [-0.4, -0.2) is 16.9 Å². The second-order valence-corrected chi connectivity index (χ2v) is 4.33. The molecule has 3 N–H and O–H groups in total. The number of anilines is 1. The van der Waals surface area contributed by atoms with Crippen molar-refractivity contribution in [2.24, 2.45) is 5.73 Å². The molecule has 1 heterocycles. The first-order valence-electron chi connectivity index (χ1n) is 5.32. The van der Waals surface area contributed by atoms with Gasteiger partial charge in [0.15, 0.2) is 0 Å². The molecule has 1 amide bonds. The van der Waals surface area contributed by atoms with Gasteiger partial charge in [0.25, 0.3) is 0 Å². The van der Waals surface area contributed by atoms with Crippen molar-refractivity contribution in [3.05, 3.63) is 22.9 Å². The number of nitrogens with zero attached hydrogens (tertiary/aromatic N) is 1. The molecule has 0 saturated heterocycles. The topological polar surface area (TPSA) is 68.0 Å². The summed E-state index contributed by atoms with van der Waals surface area (Å²) in [5, 5.41) is 2.75. The molecule has 1 atom stereocenters. The maximum absolute atomic E-state index is 11.7. The van der Waals surface area contributed by atoms with Gasteiger partial charge in [-0.25, -0.2) is 4.98 Å². The van der Waals surface area contributed by atoms with E-state index in [2.05, 4.69) is 33.2 Å². The molecule has 5 heteroatoms. The van der Waals surface area contributed by atoms with Gasteiger partial charge in [-0.05, 0) is 34.5 Å². The van der Waals surface area contributed by atoms with Gasteiger partial charge in [-0.2, -0.15) is 0 Å². The van der Waals surface area contributed by atoms with E-state index in [0.29, 0.717) is 16.7 Å². The number of nitrogens with two attached hydrogens (primary N) is 1. The fourth-order valence-electron chi connectivity index (χ4n) is 1.26. The third-order valence-electron chi connectivity index (χ3n) is 2.22. The van der Waals surface area contributed by atoms with Gasteiger partial charge in [-0.1, -0.05) is 19.8 Å². The first-order valence-corrected chi connectivity index (χ1v) is 6.11. The van der Waals surface area contributed by atoms with Crippen LogP contribution in [0.1, 0.15) is 26.2 Å². The van der Waals surface area contributed by atoms with E-state index in [1.165, 1.54) is 0 Å². The number of nitrogens with one attached hydrogen (secondary N) is 1. The highest BCUT2D eigenvalue weighted by Gasteiger charge is 2.13. The summed E-state index contributed by atoms with van der Waals surface area (Å²) >= 11 is 3.26. The Hall–Kier alpha value is -0.940. The number of amides is 1. The van der Waals surface area contributed by atoms with Crippen molar-refractivity contribution in [1.29, 1.82) is 0 Å². The van der Waals surface area contributed by atoms with E-state index >= 15 is 0 Å². The van der Waals surface area contributed by atoms with Crippen molar-refractivity contribution in [2.75, 3.05) is 5.32 Å². The molecule has 0 aliphatic heterocycles. The number of hydrogen-bond acceptors (Lipinski definition) is 3. The van der Waals surface area contributed by atoms with Gasteiger partial charge in [0.05, 0.1) is 11.7 Å². The average Bonchev–Trinajstić information content (AvgIpc) is 2.28. The molecule has 0 aromatic carbocycles. The summed E-state index contributed by atoms with van der Waals surface area (Å²) in [5.41, 5.74) is 6.41. The van der Waals surface area contributed by atoms with E-state index in [1.54, 1.807) is 18.3 Å². The summed E-state index contributed by atoms with van der Waals surface area (Å²) in [4.78, 5) is 15.7. The smallest absolute Gasteiger partial charge is 0.241 e. The predicted molar refractivity (Wildman–Crippen MR) is 68.1 cm³/mol. The van der Waals surface area contributed by atoms with E-state index in [1.807, 2.05) is 0 Å². The van der Waals surface area contributed by atoms with Crippen molar-refractivity contribution in [2.45, 2.75) is 32.2 Å². The highest BCUT2D eigenvalue weighted by atomic mass is 79.9. The Morgan fingerprint density at radius 3 is 3.06 bits per heavy atom. The van der Waals surface area contributed by atoms with Crippen LogP contribution in [0, 0.1) is 0 Å². The summed E-state index contributed by atoms with van der Waals surface area (Å²) in [6.07, 6.45) is 4.36. The van der Waals surface area contributed by atoms with Crippen molar-refractivity contribution < 1.29 is 4.79 Å². The van der Waals surface area contributed by atoms with Crippen LogP contribution in [0.3, 0.4) is 0 Å². The maximum Gasteiger partial charge on any atom is 0.241 e. The number of unbranched alkanes of at least 4 members (excludes halogenated alkanes) is 1. The first-order chi connectivity index (χ1) is 7.65. The third kappa shape index (κ3) is 3.90. The van der Waals surface area contributed by atoms with Crippen LogP contribution < -0.4 is 11.1 Å². The van der Waals surface area contributed by atoms with Gasteiger partial charge in [-0.15, -0.1) is 0 Å². The first kappa shape index (κ1) is 13.1. The summed E-state index contributed by atoms with van der Waals surface area (Å²) in [6, 6.07) is 3.09. The normalized spacial score (nSPS) is 12.2. The summed E-state index contributed by atoms with van der Waals surface area (Å²) in [5.74, 6) is -0.165. The van der Waals surface area contributed by atoms with Gasteiger partial charge >= 0.3 is 0 Å². The summed E-state index contributed by atoms with van der Waals surface area (Å²) in [7, 11) is 0. The molecule has 0 saturated carbocycles. The van der Waals surface area contributed by atoms with Crippen molar-refractivity contribution >= 4 is 27.5 Å². The standard InChI is InChI=1S/C11H16BrN3O/c1-2-3-5-8(13)11(16)15-9-6-4-7-14-10(9)12/h4,6-8H,2-3,5,13H2,1H3,(H,15,16)/t8-/m0/s1. The van der Waals surface area contributed by atoms with Gasteiger partial charge < -0.3 is 11.1 Å². The molecule has 1 aromatic heterocycles. The van der Waals surface area contributed by atoms with E-state index in [0.717, 1.165) is 12.8 Å². The lowest BCUT2D eigenvalue weighted by molar-refractivity contribution is -0.117. The van der Waals surface area contributed by atoms with E-state index in [-0.39, 0.29) is 5.91 Å². The minimum absolute atomic E-state index is 0.165. The monoisotopic (exact) mass is 285 g/mol. The van der Waals surface area contributed by atoms with Crippen LogP contribution in [0.15, 0.2) is 22.9 Å². The van der Waals surface area contributed by atoms with Gasteiger partial charge in [0, 0.05) is 6.20 Å². The molecule has 16 heavy (non-hydrogen) atoms. The van der Waals surface area contributed by atoms with E-state index in [9.17, 15) is 4.79 Å². The van der Waals surface area contributed by atoms with Gasteiger partial charge in [-0.3, -0.25) is 4.79 Å². The zero-order valence-electron chi connectivity index (χ0n) is 9.24. The highest BCUT2D eigenvalue weighted by Crippen LogP contribution is 2.18. The van der Waals surface area contributed by atoms with Crippen LogP contribution in [0.25, 0.3) is 0 Å². The molecule has 1 aromatic rings. The van der Waals surface area contributed by atoms with Gasteiger partial charge in [0.1, 0.15) is 4.60 Å². The number of aromatic nitrogens is 1. The second kappa shape index (κ2) is 6.60. The Balaban J connectivity index is 2.54. The minimum Gasteiger partial charge on any atom is -0.322 e. The van der Waals surface area contributed by atoms with Crippen LogP contribution in [0.2, 0.25) is 0 Å². The molecule has 88 valence electrons. The number of carbonyl (C=O) groups is 1. The molecule has 0 radical (unpaired) electrons. The van der Waals surface area contributed by atoms with Crippen LogP contribution >= 0.6 is 15.9 Å². The Labute approximate surface area is 104 Å². The molecule has 0 bridgehead atoms. The lowest BCUT2D eigenvalue weighted by Crippen LogP contribution is -2.35. The van der Waals surface area contributed by atoms with Crippen LogP contribution in [-0.2, 0) is 4.79 Å². The molecule has 0 fully saturated rings. The van der Waals surface area contributed by atoms with E-state index in [4.69, 9.17) is 5.73 Å². The highest BCUT2D eigenvalue weighted by molar-refractivity contribution is 9.10. The van der Waals surface area contributed by atoms with Crippen LogP contribution in [0.5, 0.6) is 0 Å². The molecular weight excluding hydrogens is 270 g/mol. The van der Waals surface area contributed by atoms with Crippen LogP contribution in [0.4, 0.5) is 5.69 Å². The third-order valence-corrected chi connectivity index (χ3v) is 2.85. The van der Waals surface area contributed by atoms with Gasteiger partial charge in [0.2, 0.25) is 5.91 Å². The molecule has 0 spiro atoms. The Morgan fingerprint density at radius 1 is 1.69 bits per heavy atom. The number of pyridine rings is 1. The predicted octanol–water partition coefficient (Wildman–Crippen LogP) is 2.30. The number of carbonyl (C=O) groups excluding carboxylic acids is 1. The number of rotatable bonds is 5. The zero-order valence-corrected chi connectivity index (χ0v) is 10.8. The largest absolute Gasteiger partial charge is 0.322 e. The Kier molecular flexibility index (Phi) is 5.42. The van der Waals surface area contributed by atoms with Crippen molar-refractivity contribution in [3.63, 3.8) is 0 Å². The second-order valence-electron chi connectivity index (χ2n) is 3.58. The maximum atomic E-state index is 11.7. The Bertz CT molecular complexity index is 357. The molecule has 1 rings (SSSR count). The lowest BCUT2D eigenvalue weighted by Gasteiger charge is -2.12. The molecular formula is C11H16BrN3O. The molecule has 4 nitrogen and oxygen atoms in total. The SMILES string of the molecule is CCCC[C@H](N)C(=O)Nc1cccnc1Br. The molecule has 0 aliphatic rings. The lowest BCUT2D eigenvalue weighted by atomic mass is 10.1. The number of hydrogen-bond donors (Lipinski definition) is 2. The van der Waals surface area contributed by atoms with Crippen molar-refractivity contribution in [1.82, 2.24) is 4.98 Å². The molecule has 0 aliphatic carbocycles. The average molecular weight is 286 g/mol. The fraction of sp³-hybridized carbons (Fsp3) is 0.455. The van der Waals surface area contributed by atoms with Crippen molar-refractivity contribution in [3.8, 4) is 0 Å². The Morgan fingerprint density at radius 2 is 2.44 bits per heavy atom.